The van der Waals surface area contributed by atoms with E-state index in [2.05, 4.69) is 0 Å². The summed E-state index contributed by atoms with van der Waals surface area (Å²) in [7, 11) is 0. The van der Waals surface area contributed by atoms with E-state index in [9.17, 15) is 4.79 Å². The van der Waals surface area contributed by atoms with Crippen LogP contribution < -0.4 is 0 Å². The Morgan fingerprint density at radius 1 is 1.57 bits per heavy atom. The summed E-state index contributed by atoms with van der Waals surface area (Å²) in [5, 5.41) is 0. The Labute approximate surface area is 85.3 Å². The van der Waals surface area contributed by atoms with Crippen LogP contribution in [-0.4, -0.2) is 12.6 Å². The molecule has 0 spiro atoms. The molecule has 2 fully saturated rings. The van der Waals surface area contributed by atoms with Gasteiger partial charge in [0.25, 0.3) is 0 Å². The molecule has 14 heavy (non-hydrogen) atoms. The lowest BCUT2D eigenvalue weighted by molar-refractivity contribution is -0.138. The first kappa shape index (κ1) is 9.75. The van der Waals surface area contributed by atoms with Crippen LogP contribution in [0.5, 0.6) is 0 Å². The lowest BCUT2D eigenvalue weighted by Crippen LogP contribution is -2.11. The topological polar surface area (TPSA) is 26.3 Å². The van der Waals surface area contributed by atoms with E-state index in [1.165, 1.54) is 24.8 Å². The van der Waals surface area contributed by atoms with Crippen LogP contribution in [0.25, 0.3) is 0 Å². The van der Waals surface area contributed by atoms with Gasteiger partial charge in [0.15, 0.2) is 0 Å². The number of carbonyl (C=O) groups is 1. The van der Waals surface area contributed by atoms with Gasteiger partial charge in [0.05, 0.1) is 6.61 Å². The lowest BCUT2D eigenvalue weighted by Gasteiger charge is -2.15. The van der Waals surface area contributed by atoms with Crippen molar-refractivity contribution < 1.29 is 9.53 Å². The van der Waals surface area contributed by atoms with E-state index in [0.717, 1.165) is 23.8 Å². The highest BCUT2D eigenvalue weighted by molar-refractivity contribution is 5.88. The molecule has 0 saturated heterocycles. The summed E-state index contributed by atoms with van der Waals surface area (Å²) in [6, 6.07) is 0. The fourth-order valence-electron chi connectivity index (χ4n) is 2.57. The predicted octanol–water partition coefficient (Wildman–Crippen LogP) is 2.69. The van der Waals surface area contributed by atoms with E-state index >= 15 is 0 Å². The molecule has 2 saturated carbocycles. The molecule has 0 radical (unpaired) electrons. The molecule has 0 heterocycles. The van der Waals surface area contributed by atoms with Gasteiger partial charge in [-0.05, 0) is 51.4 Å². The third-order valence-electron chi connectivity index (χ3n) is 3.45. The molecule has 0 aromatic heterocycles. The average molecular weight is 194 g/mol. The summed E-state index contributed by atoms with van der Waals surface area (Å²) in [6.07, 6.45) is 5.05. The molecular weight excluding hydrogens is 176 g/mol. The predicted molar refractivity (Wildman–Crippen MR) is 54.8 cm³/mol. The van der Waals surface area contributed by atoms with Gasteiger partial charge in [-0.15, -0.1) is 0 Å². The average Bonchev–Trinajstić information content (AvgIpc) is 2.95. The van der Waals surface area contributed by atoms with E-state index in [1.54, 1.807) is 0 Å². The van der Waals surface area contributed by atoms with Crippen LogP contribution in [0.2, 0.25) is 0 Å². The van der Waals surface area contributed by atoms with Crippen molar-refractivity contribution >= 4 is 5.97 Å². The van der Waals surface area contributed by atoms with Gasteiger partial charge in [-0.2, -0.15) is 0 Å². The van der Waals surface area contributed by atoms with Gasteiger partial charge in [-0.1, -0.05) is 5.57 Å². The van der Waals surface area contributed by atoms with Gasteiger partial charge in [0.1, 0.15) is 0 Å². The molecule has 2 heteroatoms. The van der Waals surface area contributed by atoms with Crippen LogP contribution in [0.15, 0.2) is 11.1 Å². The number of esters is 1. The number of hydrogen-bond acceptors (Lipinski definition) is 2. The zero-order valence-electron chi connectivity index (χ0n) is 9.01. The summed E-state index contributed by atoms with van der Waals surface area (Å²) >= 11 is 0. The van der Waals surface area contributed by atoms with Crippen LogP contribution in [0.1, 0.15) is 39.5 Å². The van der Waals surface area contributed by atoms with E-state index in [1.807, 2.05) is 13.8 Å². The number of rotatable bonds is 2. The summed E-state index contributed by atoms with van der Waals surface area (Å²) in [5.74, 6) is 1.52. The van der Waals surface area contributed by atoms with E-state index in [-0.39, 0.29) is 5.97 Å². The van der Waals surface area contributed by atoms with Crippen LogP contribution in [0.3, 0.4) is 0 Å². The third-order valence-corrected chi connectivity index (χ3v) is 3.45. The maximum atomic E-state index is 11.5. The minimum absolute atomic E-state index is 0.102. The standard InChI is InChI=1S/C12H18O2/c1-3-14-12(13)8(2)10-6-4-5-9-7-11(9)10/h9,11H,3-7H2,1-2H3/b10-8+. The van der Waals surface area contributed by atoms with Gasteiger partial charge >= 0.3 is 5.97 Å². The molecule has 2 rings (SSSR count). The van der Waals surface area contributed by atoms with Gasteiger partial charge in [-0.3, -0.25) is 0 Å². The molecule has 2 unspecified atom stereocenters. The molecule has 2 aliphatic carbocycles. The third kappa shape index (κ3) is 1.70. The minimum Gasteiger partial charge on any atom is -0.463 e. The maximum Gasteiger partial charge on any atom is 0.333 e. The normalized spacial score (nSPS) is 33.3. The van der Waals surface area contributed by atoms with Gasteiger partial charge in [-0.25, -0.2) is 4.79 Å². The molecule has 2 nitrogen and oxygen atoms in total. The fraction of sp³-hybridized carbons (Fsp3) is 0.750. The van der Waals surface area contributed by atoms with E-state index in [4.69, 9.17) is 4.74 Å². The van der Waals surface area contributed by atoms with Crippen molar-refractivity contribution in [3.05, 3.63) is 11.1 Å². The van der Waals surface area contributed by atoms with Crippen LogP contribution >= 0.6 is 0 Å². The molecule has 0 aromatic carbocycles. The second kappa shape index (κ2) is 3.76. The smallest absolute Gasteiger partial charge is 0.333 e. The lowest BCUT2D eigenvalue weighted by atomic mass is 9.91. The molecule has 0 amide bonds. The van der Waals surface area contributed by atoms with Crippen molar-refractivity contribution in [2.24, 2.45) is 11.8 Å². The second-order valence-electron chi connectivity index (χ2n) is 4.37. The molecule has 0 bridgehead atoms. The summed E-state index contributed by atoms with van der Waals surface area (Å²) in [4.78, 5) is 11.5. The zero-order chi connectivity index (χ0) is 10.1. The van der Waals surface area contributed by atoms with Crippen molar-refractivity contribution in [2.75, 3.05) is 6.61 Å². The molecule has 78 valence electrons. The molecule has 0 aliphatic heterocycles. The first-order valence-electron chi connectivity index (χ1n) is 5.60. The first-order valence-corrected chi connectivity index (χ1v) is 5.60. The van der Waals surface area contributed by atoms with Crippen molar-refractivity contribution in [1.29, 1.82) is 0 Å². The Hall–Kier alpha value is -0.790. The van der Waals surface area contributed by atoms with E-state index < -0.39 is 0 Å². The highest BCUT2D eigenvalue weighted by Gasteiger charge is 2.43. The monoisotopic (exact) mass is 194 g/mol. The Morgan fingerprint density at radius 3 is 3.07 bits per heavy atom. The molecular formula is C12H18O2. The Kier molecular flexibility index (Phi) is 2.62. The summed E-state index contributed by atoms with van der Waals surface area (Å²) < 4.78 is 5.03. The minimum atomic E-state index is -0.102. The van der Waals surface area contributed by atoms with Gasteiger partial charge in [0.2, 0.25) is 0 Å². The van der Waals surface area contributed by atoms with Crippen LogP contribution in [0, 0.1) is 11.8 Å². The molecule has 2 aliphatic rings. The molecule has 0 aromatic rings. The highest BCUT2D eigenvalue weighted by atomic mass is 16.5. The Bertz CT molecular complexity index is 278. The number of carbonyl (C=O) groups excluding carboxylic acids is 1. The number of ether oxygens (including phenoxy) is 1. The number of allylic oxidation sites excluding steroid dienone is 1. The highest BCUT2D eigenvalue weighted by Crippen LogP contribution is 2.53. The fourth-order valence-corrected chi connectivity index (χ4v) is 2.57. The largest absolute Gasteiger partial charge is 0.463 e. The van der Waals surface area contributed by atoms with Crippen LogP contribution in [-0.2, 0) is 9.53 Å². The van der Waals surface area contributed by atoms with Crippen molar-refractivity contribution in [1.82, 2.24) is 0 Å². The molecule has 2 atom stereocenters. The molecule has 0 N–H and O–H groups in total. The summed E-state index contributed by atoms with van der Waals surface area (Å²) in [6.45, 7) is 4.27. The van der Waals surface area contributed by atoms with Crippen molar-refractivity contribution in [3.63, 3.8) is 0 Å². The maximum absolute atomic E-state index is 11.5. The van der Waals surface area contributed by atoms with Crippen molar-refractivity contribution in [2.45, 2.75) is 39.5 Å². The number of hydrogen-bond donors (Lipinski definition) is 0. The van der Waals surface area contributed by atoms with E-state index in [0.29, 0.717) is 6.61 Å². The second-order valence-corrected chi connectivity index (χ2v) is 4.37. The summed E-state index contributed by atoms with van der Waals surface area (Å²) in [5.41, 5.74) is 2.28. The van der Waals surface area contributed by atoms with Gasteiger partial charge < -0.3 is 4.74 Å². The number of fused-ring (bicyclic) bond motifs is 1. The van der Waals surface area contributed by atoms with Crippen LogP contribution in [0.4, 0.5) is 0 Å². The SMILES string of the molecule is CCOC(=O)/C(C)=C1\CCCC2CC12. The Balaban J connectivity index is 2.09. The zero-order valence-corrected chi connectivity index (χ0v) is 9.01. The quantitative estimate of drug-likeness (QED) is 0.499. The van der Waals surface area contributed by atoms with Crippen molar-refractivity contribution in [3.8, 4) is 0 Å². The first-order chi connectivity index (χ1) is 6.74. The van der Waals surface area contributed by atoms with Gasteiger partial charge in [0, 0.05) is 5.57 Å². The Morgan fingerprint density at radius 2 is 2.36 bits per heavy atom.